The van der Waals surface area contributed by atoms with Crippen LogP contribution in [-0.4, -0.2) is 47.0 Å². The molecule has 126 valence electrons. The molecule has 0 saturated carbocycles. The number of benzene rings is 1. The number of piperazine rings is 1. The van der Waals surface area contributed by atoms with Gasteiger partial charge < -0.3 is 15.1 Å². The van der Waals surface area contributed by atoms with Crippen molar-refractivity contribution in [2.45, 2.75) is 20.3 Å². The van der Waals surface area contributed by atoms with Crippen LogP contribution in [0.25, 0.3) is 0 Å². The summed E-state index contributed by atoms with van der Waals surface area (Å²) in [5.41, 5.74) is 1.92. The average Bonchev–Trinajstić information content (AvgIpc) is 2.61. The van der Waals surface area contributed by atoms with Gasteiger partial charge in [0.05, 0.1) is 0 Å². The van der Waals surface area contributed by atoms with Gasteiger partial charge in [-0.15, -0.1) is 0 Å². The second-order valence-corrected chi connectivity index (χ2v) is 5.91. The molecule has 1 saturated heterocycles. The molecule has 0 atom stereocenters. The number of hydrogen-bond acceptors (Lipinski definition) is 5. The molecule has 24 heavy (non-hydrogen) atoms. The molecule has 1 aromatic carbocycles. The normalized spacial score (nSPS) is 14.6. The van der Waals surface area contributed by atoms with E-state index in [-0.39, 0.29) is 5.91 Å². The van der Waals surface area contributed by atoms with Crippen molar-refractivity contribution in [3.8, 4) is 0 Å². The van der Waals surface area contributed by atoms with Crippen molar-refractivity contribution in [1.82, 2.24) is 14.9 Å². The van der Waals surface area contributed by atoms with Crippen LogP contribution in [0.2, 0.25) is 0 Å². The first-order valence-electron chi connectivity index (χ1n) is 8.36. The fraction of sp³-hybridized carbons (Fsp3) is 0.389. The summed E-state index contributed by atoms with van der Waals surface area (Å²) in [7, 11) is 0. The molecule has 1 aliphatic heterocycles. The van der Waals surface area contributed by atoms with Crippen LogP contribution in [0.1, 0.15) is 19.0 Å². The predicted octanol–water partition coefficient (Wildman–Crippen LogP) is 2.59. The van der Waals surface area contributed by atoms with Gasteiger partial charge in [-0.2, -0.15) is 4.98 Å². The fourth-order valence-corrected chi connectivity index (χ4v) is 2.81. The third-order valence-electron chi connectivity index (χ3n) is 4.11. The highest BCUT2D eigenvalue weighted by molar-refractivity contribution is 5.76. The van der Waals surface area contributed by atoms with Crippen LogP contribution in [0.4, 0.5) is 17.5 Å². The molecule has 1 aliphatic rings. The van der Waals surface area contributed by atoms with Crippen molar-refractivity contribution in [3.63, 3.8) is 0 Å². The molecule has 3 rings (SSSR count). The zero-order chi connectivity index (χ0) is 16.9. The van der Waals surface area contributed by atoms with Crippen LogP contribution in [-0.2, 0) is 4.79 Å². The molecule has 1 aromatic heterocycles. The number of hydrogen-bond donors (Lipinski definition) is 1. The van der Waals surface area contributed by atoms with Crippen LogP contribution in [0.5, 0.6) is 0 Å². The second kappa shape index (κ2) is 7.29. The predicted molar refractivity (Wildman–Crippen MR) is 95.6 cm³/mol. The summed E-state index contributed by atoms with van der Waals surface area (Å²) in [6.07, 6.45) is 0.562. The minimum atomic E-state index is 0.214. The Morgan fingerprint density at radius 1 is 1.12 bits per heavy atom. The van der Waals surface area contributed by atoms with E-state index in [9.17, 15) is 4.79 Å². The third-order valence-corrected chi connectivity index (χ3v) is 4.11. The second-order valence-electron chi connectivity index (χ2n) is 5.91. The van der Waals surface area contributed by atoms with Crippen molar-refractivity contribution in [3.05, 3.63) is 42.1 Å². The Bertz CT molecular complexity index is 696. The molecule has 2 aromatic rings. The summed E-state index contributed by atoms with van der Waals surface area (Å²) in [4.78, 5) is 25.0. The lowest BCUT2D eigenvalue weighted by molar-refractivity contribution is -0.131. The molecular weight excluding hydrogens is 302 g/mol. The van der Waals surface area contributed by atoms with Gasteiger partial charge in [0.25, 0.3) is 0 Å². The number of nitrogens with zero attached hydrogens (tertiary/aromatic N) is 4. The van der Waals surface area contributed by atoms with E-state index in [0.29, 0.717) is 6.42 Å². The summed E-state index contributed by atoms with van der Waals surface area (Å²) < 4.78 is 0. The quantitative estimate of drug-likeness (QED) is 0.936. The van der Waals surface area contributed by atoms with E-state index in [0.717, 1.165) is 49.3 Å². The molecule has 0 unspecified atom stereocenters. The van der Waals surface area contributed by atoms with Gasteiger partial charge in [-0.25, -0.2) is 4.98 Å². The van der Waals surface area contributed by atoms with E-state index < -0.39 is 0 Å². The van der Waals surface area contributed by atoms with E-state index in [1.54, 1.807) is 0 Å². The minimum absolute atomic E-state index is 0.214. The Morgan fingerprint density at radius 2 is 1.83 bits per heavy atom. The van der Waals surface area contributed by atoms with Gasteiger partial charge in [0.15, 0.2) is 0 Å². The number of anilines is 3. The number of para-hydroxylation sites is 1. The van der Waals surface area contributed by atoms with E-state index in [2.05, 4.69) is 20.2 Å². The molecule has 1 amide bonds. The molecule has 1 N–H and O–H groups in total. The van der Waals surface area contributed by atoms with Gasteiger partial charge in [0.1, 0.15) is 5.82 Å². The number of carbonyl (C=O) groups is 1. The van der Waals surface area contributed by atoms with E-state index in [1.807, 2.05) is 55.1 Å². The van der Waals surface area contributed by atoms with Gasteiger partial charge in [-0.1, -0.05) is 25.1 Å². The van der Waals surface area contributed by atoms with E-state index in [1.165, 1.54) is 0 Å². The average molecular weight is 325 g/mol. The lowest BCUT2D eigenvalue weighted by Gasteiger charge is -2.34. The first-order chi connectivity index (χ1) is 11.7. The molecule has 0 radical (unpaired) electrons. The minimum Gasteiger partial charge on any atom is -0.340 e. The van der Waals surface area contributed by atoms with E-state index in [4.69, 9.17) is 0 Å². The number of carbonyl (C=O) groups excluding carboxylic acids is 1. The van der Waals surface area contributed by atoms with Gasteiger partial charge in [-0.3, -0.25) is 4.79 Å². The Labute approximate surface area is 142 Å². The Morgan fingerprint density at radius 3 is 2.50 bits per heavy atom. The van der Waals surface area contributed by atoms with E-state index >= 15 is 0 Å². The zero-order valence-corrected chi connectivity index (χ0v) is 14.2. The maximum absolute atomic E-state index is 11.8. The van der Waals surface area contributed by atoms with Crippen molar-refractivity contribution in [2.24, 2.45) is 0 Å². The van der Waals surface area contributed by atoms with Gasteiger partial charge in [-0.05, 0) is 19.1 Å². The Balaban J connectivity index is 1.71. The fourth-order valence-electron chi connectivity index (χ4n) is 2.81. The largest absolute Gasteiger partial charge is 0.340 e. The van der Waals surface area contributed by atoms with Crippen molar-refractivity contribution >= 4 is 23.4 Å². The number of nitrogens with one attached hydrogen (secondary N) is 1. The summed E-state index contributed by atoms with van der Waals surface area (Å²) in [6.45, 7) is 6.86. The molecular formula is C18H23N5O. The highest BCUT2D eigenvalue weighted by atomic mass is 16.2. The lowest BCUT2D eigenvalue weighted by Crippen LogP contribution is -2.49. The Kier molecular flexibility index (Phi) is 4.93. The van der Waals surface area contributed by atoms with Crippen LogP contribution in [0, 0.1) is 6.92 Å². The first-order valence-corrected chi connectivity index (χ1v) is 8.36. The van der Waals surface area contributed by atoms with Crippen LogP contribution in [0.15, 0.2) is 36.4 Å². The number of aryl methyl sites for hydroxylation is 1. The van der Waals surface area contributed by atoms with Crippen molar-refractivity contribution in [2.75, 3.05) is 36.4 Å². The summed E-state index contributed by atoms with van der Waals surface area (Å²) in [5, 5.41) is 3.32. The topological polar surface area (TPSA) is 61.4 Å². The van der Waals surface area contributed by atoms with Crippen molar-refractivity contribution < 1.29 is 4.79 Å². The molecule has 0 aliphatic carbocycles. The summed E-state index contributed by atoms with van der Waals surface area (Å²) in [5.74, 6) is 1.72. The molecule has 0 bridgehead atoms. The van der Waals surface area contributed by atoms with Gasteiger partial charge >= 0.3 is 0 Å². The zero-order valence-electron chi connectivity index (χ0n) is 14.2. The highest BCUT2D eigenvalue weighted by Crippen LogP contribution is 2.19. The Hall–Kier alpha value is -2.63. The van der Waals surface area contributed by atoms with Gasteiger partial charge in [0, 0.05) is 50.0 Å². The standard InChI is InChI=1S/C18H23N5O/c1-3-17(24)22-9-11-23(12-10-22)18-19-14(2)13-16(21-18)20-15-7-5-4-6-8-15/h4-8,13H,3,9-12H2,1-2H3,(H,19,20,21). The lowest BCUT2D eigenvalue weighted by atomic mass is 10.3. The van der Waals surface area contributed by atoms with Crippen LogP contribution >= 0.6 is 0 Å². The molecule has 1 fully saturated rings. The van der Waals surface area contributed by atoms with Crippen LogP contribution in [0.3, 0.4) is 0 Å². The van der Waals surface area contributed by atoms with Gasteiger partial charge in [0.2, 0.25) is 11.9 Å². The smallest absolute Gasteiger partial charge is 0.227 e. The molecule has 6 heteroatoms. The maximum Gasteiger partial charge on any atom is 0.227 e. The number of amides is 1. The monoisotopic (exact) mass is 325 g/mol. The molecule has 2 heterocycles. The summed E-state index contributed by atoms with van der Waals surface area (Å²) in [6, 6.07) is 11.9. The molecule has 0 spiro atoms. The van der Waals surface area contributed by atoms with Crippen molar-refractivity contribution in [1.29, 1.82) is 0 Å². The van der Waals surface area contributed by atoms with Crippen LogP contribution < -0.4 is 10.2 Å². The SMILES string of the molecule is CCC(=O)N1CCN(c2nc(C)cc(Nc3ccccc3)n2)CC1. The molecule has 6 nitrogen and oxygen atoms in total. The number of aromatic nitrogens is 2. The third kappa shape index (κ3) is 3.82. The number of rotatable bonds is 4. The maximum atomic E-state index is 11.8. The highest BCUT2D eigenvalue weighted by Gasteiger charge is 2.22. The summed E-state index contributed by atoms with van der Waals surface area (Å²) >= 11 is 0. The first kappa shape index (κ1) is 16.2.